The quantitative estimate of drug-likeness (QED) is 0.738. The van der Waals surface area contributed by atoms with Crippen LogP contribution in [-0.2, 0) is 26.7 Å². The number of morpholine rings is 1. The molecule has 0 unspecified atom stereocenters. The second-order valence-corrected chi connectivity index (χ2v) is 10.3. The smallest absolute Gasteiger partial charge is 0.257 e. The molecular formula is C23H30N2O5S. The number of carbonyl (C=O) groups is 1. The fourth-order valence-corrected chi connectivity index (χ4v) is 4.39. The number of ether oxygens (including phenoxy) is 2. The van der Waals surface area contributed by atoms with Crippen LogP contribution in [-0.4, -0.2) is 52.6 Å². The first-order valence-electron chi connectivity index (χ1n) is 10.3. The molecule has 31 heavy (non-hydrogen) atoms. The zero-order chi connectivity index (χ0) is 22.6. The second-order valence-electron chi connectivity index (χ2n) is 8.54. The molecule has 0 radical (unpaired) electrons. The standard InChI is InChI=1S/C23H30N2O5S/c1-23(2,3)18-7-5-17(6-8-18)16-24-31(27,28)19-9-10-21(29-4)20(15-19)22(26)25-11-13-30-14-12-25/h5-10,15,24H,11-14,16H2,1-4H3. The molecule has 0 aromatic heterocycles. The molecule has 0 bridgehead atoms. The summed E-state index contributed by atoms with van der Waals surface area (Å²) < 4.78 is 39.0. The summed E-state index contributed by atoms with van der Waals surface area (Å²) in [5.41, 5.74) is 2.29. The van der Waals surface area contributed by atoms with Crippen molar-refractivity contribution in [1.29, 1.82) is 0 Å². The third-order valence-electron chi connectivity index (χ3n) is 5.30. The van der Waals surface area contributed by atoms with Gasteiger partial charge in [0.1, 0.15) is 5.75 Å². The lowest BCUT2D eigenvalue weighted by atomic mass is 9.87. The lowest BCUT2D eigenvalue weighted by Crippen LogP contribution is -2.40. The van der Waals surface area contributed by atoms with Crippen molar-refractivity contribution in [3.05, 3.63) is 59.2 Å². The summed E-state index contributed by atoms with van der Waals surface area (Å²) in [5, 5.41) is 0. The Hall–Kier alpha value is -2.42. The van der Waals surface area contributed by atoms with Gasteiger partial charge in [-0.15, -0.1) is 0 Å². The molecule has 0 spiro atoms. The SMILES string of the molecule is COc1ccc(S(=O)(=O)NCc2ccc(C(C)(C)C)cc2)cc1C(=O)N1CCOCC1. The van der Waals surface area contributed by atoms with Gasteiger partial charge in [0.2, 0.25) is 10.0 Å². The number of methoxy groups -OCH3 is 1. The van der Waals surface area contributed by atoms with Gasteiger partial charge in [-0.3, -0.25) is 4.79 Å². The number of hydrogen-bond donors (Lipinski definition) is 1. The number of amides is 1. The van der Waals surface area contributed by atoms with E-state index in [0.717, 1.165) is 5.56 Å². The van der Waals surface area contributed by atoms with Gasteiger partial charge in [0.25, 0.3) is 5.91 Å². The fraction of sp³-hybridized carbons (Fsp3) is 0.435. The molecule has 8 heteroatoms. The average Bonchev–Trinajstić information content (AvgIpc) is 2.77. The summed E-state index contributed by atoms with van der Waals surface area (Å²) in [6.07, 6.45) is 0. The van der Waals surface area contributed by atoms with E-state index < -0.39 is 10.0 Å². The summed E-state index contributed by atoms with van der Waals surface area (Å²) in [7, 11) is -2.35. The van der Waals surface area contributed by atoms with E-state index in [4.69, 9.17) is 9.47 Å². The molecule has 1 aliphatic rings. The van der Waals surface area contributed by atoms with Crippen LogP contribution in [0.5, 0.6) is 5.75 Å². The summed E-state index contributed by atoms with van der Waals surface area (Å²) in [5.74, 6) is 0.0724. The van der Waals surface area contributed by atoms with Crippen LogP contribution in [0.3, 0.4) is 0 Å². The van der Waals surface area contributed by atoms with Crippen LogP contribution in [0, 0.1) is 0 Å². The molecule has 0 aliphatic carbocycles. The summed E-state index contributed by atoms with van der Waals surface area (Å²) in [4.78, 5) is 14.6. The van der Waals surface area contributed by atoms with Crippen LogP contribution in [0.4, 0.5) is 0 Å². The molecule has 2 aromatic rings. The molecule has 0 atom stereocenters. The number of sulfonamides is 1. The lowest BCUT2D eigenvalue weighted by Gasteiger charge is -2.27. The highest BCUT2D eigenvalue weighted by Crippen LogP contribution is 2.25. The van der Waals surface area contributed by atoms with E-state index in [2.05, 4.69) is 25.5 Å². The highest BCUT2D eigenvalue weighted by Gasteiger charge is 2.24. The van der Waals surface area contributed by atoms with E-state index in [1.165, 1.54) is 30.9 Å². The van der Waals surface area contributed by atoms with Crippen LogP contribution < -0.4 is 9.46 Å². The van der Waals surface area contributed by atoms with Crippen LogP contribution in [0.2, 0.25) is 0 Å². The number of benzene rings is 2. The average molecular weight is 447 g/mol. The number of nitrogens with one attached hydrogen (secondary N) is 1. The van der Waals surface area contributed by atoms with Crippen molar-refractivity contribution in [2.24, 2.45) is 0 Å². The van der Waals surface area contributed by atoms with Crippen LogP contribution >= 0.6 is 0 Å². The Morgan fingerprint density at radius 1 is 1.10 bits per heavy atom. The Morgan fingerprint density at radius 2 is 1.74 bits per heavy atom. The van der Waals surface area contributed by atoms with Crippen molar-refractivity contribution in [3.63, 3.8) is 0 Å². The van der Waals surface area contributed by atoms with Crippen LogP contribution in [0.25, 0.3) is 0 Å². The van der Waals surface area contributed by atoms with Gasteiger partial charge in [0.05, 0.1) is 30.8 Å². The van der Waals surface area contributed by atoms with E-state index in [-0.39, 0.29) is 28.3 Å². The Morgan fingerprint density at radius 3 is 2.32 bits per heavy atom. The molecule has 1 saturated heterocycles. The maximum atomic E-state index is 12.9. The maximum Gasteiger partial charge on any atom is 0.257 e. The van der Waals surface area contributed by atoms with Crippen molar-refractivity contribution in [2.75, 3.05) is 33.4 Å². The monoisotopic (exact) mass is 446 g/mol. The molecule has 1 amide bonds. The van der Waals surface area contributed by atoms with E-state index >= 15 is 0 Å². The molecular weight excluding hydrogens is 416 g/mol. The summed E-state index contributed by atoms with van der Waals surface area (Å²) in [6, 6.07) is 12.2. The minimum absolute atomic E-state index is 0.0243. The van der Waals surface area contributed by atoms with Gasteiger partial charge in [0, 0.05) is 19.6 Å². The first-order chi connectivity index (χ1) is 14.6. The number of hydrogen-bond acceptors (Lipinski definition) is 5. The van der Waals surface area contributed by atoms with Gasteiger partial charge < -0.3 is 14.4 Å². The lowest BCUT2D eigenvalue weighted by molar-refractivity contribution is 0.0300. The molecule has 2 aromatic carbocycles. The predicted molar refractivity (Wildman–Crippen MR) is 119 cm³/mol. The maximum absolute atomic E-state index is 12.9. The van der Waals surface area contributed by atoms with Crippen LogP contribution in [0.1, 0.15) is 42.3 Å². The van der Waals surface area contributed by atoms with Crippen molar-refractivity contribution in [2.45, 2.75) is 37.6 Å². The highest BCUT2D eigenvalue weighted by molar-refractivity contribution is 7.89. The van der Waals surface area contributed by atoms with Gasteiger partial charge in [-0.1, -0.05) is 45.0 Å². The van der Waals surface area contributed by atoms with Gasteiger partial charge >= 0.3 is 0 Å². The zero-order valence-corrected chi connectivity index (χ0v) is 19.3. The largest absolute Gasteiger partial charge is 0.496 e. The predicted octanol–water partition coefficient (Wildman–Crippen LogP) is 2.94. The molecule has 0 saturated carbocycles. The number of rotatable bonds is 6. The fourth-order valence-electron chi connectivity index (χ4n) is 3.34. The van der Waals surface area contributed by atoms with Gasteiger partial charge in [-0.05, 0) is 34.7 Å². The minimum Gasteiger partial charge on any atom is -0.496 e. The van der Waals surface area contributed by atoms with Crippen molar-refractivity contribution >= 4 is 15.9 Å². The van der Waals surface area contributed by atoms with Gasteiger partial charge in [-0.2, -0.15) is 0 Å². The Kier molecular flexibility index (Phi) is 7.03. The molecule has 1 aliphatic heterocycles. The molecule has 168 valence electrons. The molecule has 3 rings (SSSR count). The third kappa shape index (κ3) is 5.64. The zero-order valence-electron chi connectivity index (χ0n) is 18.5. The second kappa shape index (κ2) is 9.38. The topological polar surface area (TPSA) is 84.9 Å². The summed E-state index contributed by atoms with van der Waals surface area (Å²) >= 11 is 0. The third-order valence-corrected chi connectivity index (χ3v) is 6.70. The number of nitrogens with zero attached hydrogens (tertiary/aromatic N) is 1. The Labute approximate surface area is 184 Å². The molecule has 1 fully saturated rings. The van der Waals surface area contributed by atoms with E-state index in [9.17, 15) is 13.2 Å². The highest BCUT2D eigenvalue weighted by atomic mass is 32.2. The first-order valence-corrected chi connectivity index (χ1v) is 11.7. The van der Waals surface area contributed by atoms with Crippen molar-refractivity contribution < 1.29 is 22.7 Å². The van der Waals surface area contributed by atoms with Crippen LogP contribution in [0.15, 0.2) is 47.4 Å². The summed E-state index contributed by atoms with van der Waals surface area (Å²) in [6.45, 7) is 8.39. The van der Waals surface area contributed by atoms with Crippen molar-refractivity contribution in [1.82, 2.24) is 9.62 Å². The minimum atomic E-state index is -3.81. The van der Waals surface area contributed by atoms with E-state index in [1.54, 1.807) is 4.90 Å². The normalized spacial score (nSPS) is 15.0. The van der Waals surface area contributed by atoms with Crippen molar-refractivity contribution in [3.8, 4) is 5.75 Å². The van der Waals surface area contributed by atoms with Gasteiger partial charge in [0.15, 0.2) is 0 Å². The Balaban J connectivity index is 1.78. The number of carbonyl (C=O) groups excluding carboxylic acids is 1. The van der Waals surface area contributed by atoms with E-state index in [1.807, 2.05) is 24.3 Å². The first kappa shape index (κ1) is 23.2. The molecule has 1 heterocycles. The molecule has 1 N–H and O–H groups in total. The molecule has 7 nitrogen and oxygen atoms in total. The van der Waals surface area contributed by atoms with Gasteiger partial charge in [-0.25, -0.2) is 13.1 Å². The Bertz CT molecular complexity index is 1020. The van der Waals surface area contributed by atoms with E-state index in [0.29, 0.717) is 32.1 Å².